The monoisotopic (exact) mass is 408 g/mol. The van der Waals surface area contributed by atoms with Gasteiger partial charge in [0.25, 0.3) is 0 Å². The van der Waals surface area contributed by atoms with Crippen molar-refractivity contribution in [1.29, 1.82) is 0 Å². The minimum Gasteiger partial charge on any atom is -0.316 e. The van der Waals surface area contributed by atoms with Crippen LogP contribution in [-0.2, 0) is 6.42 Å². The van der Waals surface area contributed by atoms with E-state index in [1.54, 1.807) is 0 Å². The van der Waals surface area contributed by atoms with Crippen molar-refractivity contribution in [2.75, 3.05) is 5.32 Å². The Hall–Kier alpha value is -2.78. The lowest BCUT2D eigenvalue weighted by Crippen LogP contribution is -2.69. The molecule has 2 aromatic carbocycles. The van der Waals surface area contributed by atoms with Crippen LogP contribution in [0.5, 0.6) is 0 Å². The number of amides is 2. The summed E-state index contributed by atoms with van der Waals surface area (Å²) in [7, 11) is 0. The van der Waals surface area contributed by atoms with Crippen LogP contribution in [0.25, 0.3) is 0 Å². The summed E-state index contributed by atoms with van der Waals surface area (Å²) < 4.78 is 94.5. The predicted molar refractivity (Wildman–Crippen MR) is 88.3 cm³/mol. The summed E-state index contributed by atoms with van der Waals surface area (Å²) >= 11 is 0. The number of alkyl halides is 6. The van der Waals surface area contributed by atoms with Gasteiger partial charge < -0.3 is 10.6 Å². The second-order valence-corrected chi connectivity index (χ2v) is 6.10. The standard InChI is InChI=1S/C18H15F7N2O/c1-11-9-13(19)7-8-14(11)26-15(28)27-16(17(20,21)22,18(23,24)25)10-12-5-3-2-4-6-12/h2-9H,10H2,1H3,(H2,26,27,28). The molecule has 0 aliphatic heterocycles. The zero-order valence-corrected chi connectivity index (χ0v) is 14.4. The molecule has 0 unspecified atom stereocenters. The number of rotatable bonds is 4. The second kappa shape index (κ2) is 7.69. The molecule has 10 heteroatoms. The fraction of sp³-hybridized carbons (Fsp3) is 0.278. The number of benzene rings is 2. The smallest absolute Gasteiger partial charge is 0.316 e. The number of hydrogen-bond donors (Lipinski definition) is 2. The minimum atomic E-state index is -5.84. The van der Waals surface area contributed by atoms with Gasteiger partial charge in [0.2, 0.25) is 5.54 Å². The third-order valence-corrected chi connectivity index (χ3v) is 4.04. The average molecular weight is 408 g/mol. The topological polar surface area (TPSA) is 41.1 Å². The Labute approximate surface area is 155 Å². The van der Waals surface area contributed by atoms with Gasteiger partial charge in [0.15, 0.2) is 0 Å². The summed E-state index contributed by atoms with van der Waals surface area (Å²) in [6.45, 7) is 1.34. The molecule has 2 rings (SSSR count). The molecule has 2 amide bonds. The van der Waals surface area contributed by atoms with Gasteiger partial charge in [0.05, 0.1) is 0 Å². The van der Waals surface area contributed by atoms with E-state index in [4.69, 9.17) is 0 Å². The van der Waals surface area contributed by atoms with Crippen LogP contribution in [-0.4, -0.2) is 23.9 Å². The van der Waals surface area contributed by atoms with E-state index in [9.17, 15) is 35.5 Å². The first-order valence-electron chi connectivity index (χ1n) is 7.88. The van der Waals surface area contributed by atoms with Gasteiger partial charge in [-0.25, -0.2) is 9.18 Å². The number of carbonyl (C=O) groups excluding carboxylic acids is 1. The summed E-state index contributed by atoms with van der Waals surface area (Å²) in [4.78, 5) is 12.0. The van der Waals surface area contributed by atoms with E-state index < -0.39 is 36.2 Å². The van der Waals surface area contributed by atoms with Gasteiger partial charge in [-0.1, -0.05) is 30.3 Å². The number of hydrogen-bond acceptors (Lipinski definition) is 1. The highest BCUT2D eigenvalue weighted by molar-refractivity contribution is 5.90. The van der Waals surface area contributed by atoms with Crippen molar-refractivity contribution in [3.05, 3.63) is 65.5 Å². The predicted octanol–water partition coefficient (Wildman–Crippen LogP) is 5.36. The van der Waals surface area contributed by atoms with Crippen molar-refractivity contribution < 1.29 is 35.5 Å². The fourth-order valence-corrected chi connectivity index (χ4v) is 2.56. The van der Waals surface area contributed by atoms with Crippen LogP contribution < -0.4 is 10.6 Å². The Balaban J connectivity index is 2.39. The zero-order valence-electron chi connectivity index (χ0n) is 14.4. The first-order chi connectivity index (χ1) is 12.9. The van der Waals surface area contributed by atoms with Gasteiger partial charge in [-0.2, -0.15) is 26.3 Å². The third kappa shape index (κ3) is 4.55. The zero-order chi connectivity index (χ0) is 21.2. The van der Waals surface area contributed by atoms with Crippen molar-refractivity contribution >= 4 is 11.7 Å². The molecular weight excluding hydrogens is 393 g/mol. The lowest BCUT2D eigenvalue weighted by molar-refractivity contribution is -0.303. The number of carbonyl (C=O) groups is 1. The van der Waals surface area contributed by atoms with Crippen LogP contribution in [0.2, 0.25) is 0 Å². The second-order valence-electron chi connectivity index (χ2n) is 6.10. The average Bonchev–Trinajstić information content (AvgIpc) is 2.55. The molecular formula is C18H15F7N2O. The summed E-state index contributed by atoms with van der Waals surface area (Å²) in [5.74, 6) is -0.674. The van der Waals surface area contributed by atoms with Crippen LogP contribution in [0.4, 0.5) is 41.2 Å². The van der Waals surface area contributed by atoms with Crippen LogP contribution in [0, 0.1) is 12.7 Å². The van der Waals surface area contributed by atoms with E-state index in [-0.39, 0.29) is 16.8 Å². The highest BCUT2D eigenvalue weighted by Crippen LogP contribution is 2.45. The molecule has 0 saturated carbocycles. The normalized spacial score (nSPS) is 12.6. The molecule has 0 fully saturated rings. The molecule has 0 bridgehead atoms. The van der Waals surface area contributed by atoms with Crippen molar-refractivity contribution in [2.24, 2.45) is 0 Å². The largest absolute Gasteiger partial charge is 0.420 e. The first-order valence-corrected chi connectivity index (χ1v) is 7.88. The fourth-order valence-electron chi connectivity index (χ4n) is 2.56. The molecule has 0 spiro atoms. The van der Waals surface area contributed by atoms with E-state index >= 15 is 0 Å². The molecule has 0 heterocycles. The minimum absolute atomic E-state index is 0.128. The van der Waals surface area contributed by atoms with E-state index in [1.807, 2.05) is 5.32 Å². The van der Waals surface area contributed by atoms with Crippen molar-refractivity contribution in [3.63, 3.8) is 0 Å². The molecule has 2 aromatic rings. The van der Waals surface area contributed by atoms with Crippen LogP contribution >= 0.6 is 0 Å². The molecule has 0 aromatic heterocycles. The van der Waals surface area contributed by atoms with E-state index in [2.05, 4.69) is 0 Å². The van der Waals surface area contributed by atoms with Gasteiger partial charge in [-0.05, 0) is 36.2 Å². The maximum Gasteiger partial charge on any atom is 0.420 e. The van der Waals surface area contributed by atoms with Crippen LogP contribution in [0.3, 0.4) is 0 Å². The maximum absolute atomic E-state index is 13.6. The molecule has 152 valence electrons. The van der Waals surface area contributed by atoms with E-state index in [0.29, 0.717) is 0 Å². The molecule has 0 atom stereocenters. The number of urea groups is 1. The van der Waals surface area contributed by atoms with E-state index in [0.717, 1.165) is 35.6 Å². The number of nitrogens with one attached hydrogen (secondary N) is 2. The number of aryl methyl sites for hydroxylation is 1. The Kier molecular flexibility index (Phi) is 5.91. The Morgan fingerprint density at radius 1 is 0.929 bits per heavy atom. The van der Waals surface area contributed by atoms with Crippen molar-refractivity contribution in [2.45, 2.75) is 31.2 Å². The quantitative estimate of drug-likeness (QED) is 0.657. The Morgan fingerprint density at radius 3 is 2.00 bits per heavy atom. The first kappa shape index (κ1) is 21.5. The lowest BCUT2D eigenvalue weighted by atomic mass is 9.89. The highest BCUT2D eigenvalue weighted by Gasteiger charge is 2.71. The third-order valence-electron chi connectivity index (χ3n) is 4.04. The molecule has 0 saturated heterocycles. The SMILES string of the molecule is Cc1cc(F)ccc1NC(=O)NC(Cc1ccccc1)(C(F)(F)F)C(F)(F)F. The molecule has 3 nitrogen and oxygen atoms in total. The molecule has 2 N–H and O–H groups in total. The van der Waals surface area contributed by atoms with E-state index in [1.165, 1.54) is 25.1 Å². The van der Waals surface area contributed by atoms with Crippen LogP contribution in [0.1, 0.15) is 11.1 Å². The number of halogens is 7. The number of anilines is 1. The summed E-state index contributed by atoms with van der Waals surface area (Å²) in [5, 5.41) is 2.96. The molecule has 28 heavy (non-hydrogen) atoms. The molecule has 0 radical (unpaired) electrons. The Bertz CT molecular complexity index is 818. The molecule has 0 aliphatic rings. The Morgan fingerprint density at radius 2 is 1.50 bits per heavy atom. The summed E-state index contributed by atoms with van der Waals surface area (Å²) in [6, 6.07) is 7.39. The highest BCUT2D eigenvalue weighted by atomic mass is 19.4. The summed E-state index contributed by atoms with van der Waals surface area (Å²) in [6.07, 6.45) is -13.2. The van der Waals surface area contributed by atoms with Gasteiger partial charge in [-0.15, -0.1) is 0 Å². The van der Waals surface area contributed by atoms with Crippen molar-refractivity contribution in [1.82, 2.24) is 5.32 Å². The van der Waals surface area contributed by atoms with Gasteiger partial charge >= 0.3 is 18.4 Å². The van der Waals surface area contributed by atoms with Gasteiger partial charge in [-0.3, -0.25) is 0 Å². The molecule has 0 aliphatic carbocycles. The summed E-state index contributed by atoms with van der Waals surface area (Å²) in [5.41, 5.74) is -4.78. The van der Waals surface area contributed by atoms with Crippen LogP contribution in [0.15, 0.2) is 48.5 Å². The van der Waals surface area contributed by atoms with Crippen molar-refractivity contribution in [3.8, 4) is 0 Å². The van der Waals surface area contributed by atoms with Gasteiger partial charge in [0.1, 0.15) is 5.82 Å². The maximum atomic E-state index is 13.6. The lowest BCUT2D eigenvalue weighted by Gasteiger charge is -2.38. The van der Waals surface area contributed by atoms with Gasteiger partial charge in [0, 0.05) is 12.1 Å².